The zero-order chi connectivity index (χ0) is 11.7. The maximum atomic E-state index is 11.7. The van der Waals surface area contributed by atoms with Crippen molar-refractivity contribution >= 4 is 39.3 Å². The van der Waals surface area contributed by atoms with E-state index in [2.05, 4.69) is 28.7 Å². The lowest BCUT2D eigenvalue weighted by molar-refractivity contribution is 0.0603. The van der Waals surface area contributed by atoms with Crippen LogP contribution in [0.3, 0.4) is 0 Å². The standard InChI is InChI=1S/C13H11IO2/c1-8-4-3-5-9-6-10(14)7-11(12(8)9)13(15)16-2/h3-7H,1-2H3. The zero-order valence-electron chi connectivity index (χ0n) is 9.08. The normalized spacial score (nSPS) is 10.4. The SMILES string of the molecule is COC(=O)c1cc(I)cc2cccc(C)c12. The smallest absolute Gasteiger partial charge is 0.338 e. The van der Waals surface area contributed by atoms with Gasteiger partial charge in [0.2, 0.25) is 0 Å². The second-order valence-corrected chi connectivity index (χ2v) is 4.86. The molecule has 0 fully saturated rings. The predicted octanol–water partition coefficient (Wildman–Crippen LogP) is 3.54. The van der Waals surface area contributed by atoms with E-state index in [4.69, 9.17) is 4.74 Å². The average molecular weight is 326 g/mol. The maximum absolute atomic E-state index is 11.7. The summed E-state index contributed by atoms with van der Waals surface area (Å²) in [6, 6.07) is 9.93. The van der Waals surface area contributed by atoms with Crippen LogP contribution in [-0.2, 0) is 4.74 Å². The van der Waals surface area contributed by atoms with Gasteiger partial charge >= 0.3 is 5.97 Å². The summed E-state index contributed by atoms with van der Waals surface area (Å²) in [6.07, 6.45) is 0. The Morgan fingerprint density at radius 2 is 2.06 bits per heavy atom. The molecule has 82 valence electrons. The van der Waals surface area contributed by atoms with Crippen LogP contribution >= 0.6 is 22.6 Å². The first kappa shape index (κ1) is 11.4. The molecule has 0 radical (unpaired) electrons. The number of rotatable bonds is 1. The molecule has 0 bridgehead atoms. The van der Waals surface area contributed by atoms with Crippen molar-refractivity contribution in [1.82, 2.24) is 0 Å². The van der Waals surface area contributed by atoms with Crippen LogP contribution in [0, 0.1) is 10.5 Å². The van der Waals surface area contributed by atoms with Gasteiger partial charge in [0.15, 0.2) is 0 Å². The van der Waals surface area contributed by atoms with Gasteiger partial charge in [0.1, 0.15) is 0 Å². The summed E-state index contributed by atoms with van der Waals surface area (Å²) < 4.78 is 5.85. The van der Waals surface area contributed by atoms with Gasteiger partial charge in [0.05, 0.1) is 12.7 Å². The van der Waals surface area contributed by atoms with Gasteiger partial charge in [-0.25, -0.2) is 4.79 Å². The summed E-state index contributed by atoms with van der Waals surface area (Å²) >= 11 is 2.21. The van der Waals surface area contributed by atoms with Crippen molar-refractivity contribution in [2.75, 3.05) is 7.11 Å². The van der Waals surface area contributed by atoms with Gasteiger partial charge in [-0.1, -0.05) is 18.2 Å². The minimum atomic E-state index is -0.280. The van der Waals surface area contributed by atoms with E-state index in [1.807, 2.05) is 31.2 Å². The molecule has 0 heterocycles. The Balaban J connectivity index is 2.85. The Bertz CT molecular complexity index is 561. The molecular formula is C13H11IO2. The molecule has 0 N–H and O–H groups in total. The number of hydrogen-bond donors (Lipinski definition) is 0. The Hall–Kier alpha value is -1.10. The van der Waals surface area contributed by atoms with Gasteiger partial charge in [0, 0.05) is 3.57 Å². The molecule has 0 saturated carbocycles. The van der Waals surface area contributed by atoms with Crippen molar-refractivity contribution in [3.05, 3.63) is 45.0 Å². The first-order valence-corrected chi connectivity index (χ1v) is 5.98. The molecule has 0 unspecified atom stereocenters. The highest BCUT2D eigenvalue weighted by atomic mass is 127. The lowest BCUT2D eigenvalue weighted by atomic mass is 10.0. The van der Waals surface area contributed by atoms with Crippen molar-refractivity contribution < 1.29 is 9.53 Å². The van der Waals surface area contributed by atoms with E-state index in [9.17, 15) is 4.79 Å². The molecule has 0 aliphatic carbocycles. The number of fused-ring (bicyclic) bond motifs is 1. The summed E-state index contributed by atoms with van der Waals surface area (Å²) in [5.41, 5.74) is 1.73. The van der Waals surface area contributed by atoms with Gasteiger partial charge in [0.25, 0.3) is 0 Å². The molecule has 2 aromatic carbocycles. The van der Waals surface area contributed by atoms with E-state index in [-0.39, 0.29) is 5.97 Å². The lowest BCUT2D eigenvalue weighted by Gasteiger charge is -2.08. The van der Waals surface area contributed by atoms with Gasteiger partial charge in [-0.3, -0.25) is 0 Å². The van der Waals surface area contributed by atoms with Crippen molar-refractivity contribution in [2.45, 2.75) is 6.92 Å². The number of benzene rings is 2. The fourth-order valence-electron chi connectivity index (χ4n) is 1.85. The minimum Gasteiger partial charge on any atom is -0.465 e. The van der Waals surface area contributed by atoms with E-state index in [0.29, 0.717) is 5.56 Å². The summed E-state index contributed by atoms with van der Waals surface area (Å²) in [5.74, 6) is -0.280. The van der Waals surface area contributed by atoms with Crippen molar-refractivity contribution in [1.29, 1.82) is 0 Å². The molecule has 0 aliphatic heterocycles. The molecule has 0 spiro atoms. The number of aryl methyl sites for hydroxylation is 1. The molecule has 2 aromatic rings. The number of carbonyl (C=O) groups excluding carboxylic acids is 1. The molecule has 16 heavy (non-hydrogen) atoms. The van der Waals surface area contributed by atoms with Crippen LogP contribution in [-0.4, -0.2) is 13.1 Å². The quantitative estimate of drug-likeness (QED) is 0.592. The van der Waals surface area contributed by atoms with E-state index < -0.39 is 0 Å². The van der Waals surface area contributed by atoms with Gasteiger partial charge in [-0.2, -0.15) is 0 Å². The van der Waals surface area contributed by atoms with Crippen molar-refractivity contribution in [3.8, 4) is 0 Å². The van der Waals surface area contributed by atoms with Crippen LogP contribution in [0.2, 0.25) is 0 Å². The molecule has 0 amide bonds. The summed E-state index contributed by atoms with van der Waals surface area (Å²) in [5, 5.41) is 2.06. The van der Waals surface area contributed by atoms with Crippen LogP contribution in [0.15, 0.2) is 30.3 Å². The summed E-state index contributed by atoms with van der Waals surface area (Å²) in [4.78, 5) is 11.7. The molecule has 3 heteroatoms. The lowest BCUT2D eigenvalue weighted by Crippen LogP contribution is -2.03. The van der Waals surface area contributed by atoms with Crippen LogP contribution in [0.1, 0.15) is 15.9 Å². The summed E-state index contributed by atoms with van der Waals surface area (Å²) in [7, 11) is 1.41. The minimum absolute atomic E-state index is 0.280. The third-order valence-corrected chi connectivity index (χ3v) is 3.18. The average Bonchev–Trinajstić information content (AvgIpc) is 2.27. The highest BCUT2D eigenvalue weighted by Gasteiger charge is 2.12. The number of halogens is 1. The van der Waals surface area contributed by atoms with Crippen LogP contribution < -0.4 is 0 Å². The highest BCUT2D eigenvalue weighted by molar-refractivity contribution is 14.1. The molecule has 0 atom stereocenters. The van der Waals surface area contributed by atoms with Crippen LogP contribution in [0.25, 0.3) is 10.8 Å². The molecule has 2 rings (SSSR count). The van der Waals surface area contributed by atoms with Gasteiger partial charge in [-0.05, 0) is 58.0 Å². The number of methoxy groups -OCH3 is 1. The largest absolute Gasteiger partial charge is 0.465 e. The van der Waals surface area contributed by atoms with Crippen LogP contribution in [0.5, 0.6) is 0 Å². The second-order valence-electron chi connectivity index (χ2n) is 3.62. The van der Waals surface area contributed by atoms with Gasteiger partial charge < -0.3 is 4.74 Å². The molecule has 0 aliphatic rings. The Labute approximate surface area is 108 Å². The van der Waals surface area contributed by atoms with E-state index in [1.165, 1.54) is 7.11 Å². The number of ether oxygens (including phenoxy) is 1. The van der Waals surface area contributed by atoms with E-state index in [0.717, 1.165) is 19.9 Å². The molecule has 2 nitrogen and oxygen atoms in total. The van der Waals surface area contributed by atoms with E-state index >= 15 is 0 Å². The molecular weight excluding hydrogens is 315 g/mol. The number of hydrogen-bond acceptors (Lipinski definition) is 2. The van der Waals surface area contributed by atoms with Crippen molar-refractivity contribution in [3.63, 3.8) is 0 Å². The highest BCUT2D eigenvalue weighted by Crippen LogP contribution is 2.25. The summed E-state index contributed by atoms with van der Waals surface area (Å²) in [6.45, 7) is 2.00. The van der Waals surface area contributed by atoms with Crippen molar-refractivity contribution in [2.24, 2.45) is 0 Å². The topological polar surface area (TPSA) is 26.3 Å². The number of esters is 1. The fourth-order valence-corrected chi connectivity index (χ4v) is 2.50. The van der Waals surface area contributed by atoms with Gasteiger partial charge in [-0.15, -0.1) is 0 Å². The zero-order valence-corrected chi connectivity index (χ0v) is 11.2. The maximum Gasteiger partial charge on any atom is 0.338 e. The van der Waals surface area contributed by atoms with E-state index in [1.54, 1.807) is 0 Å². The predicted molar refractivity (Wildman–Crippen MR) is 72.7 cm³/mol. The fraction of sp³-hybridized carbons (Fsp3) is 0.154. The molecule has 0 saturated heterocycles. The monoisotopic (exact) mass is 326 g/mol. The Morgan fingerprint density at radius 3 is 2.75 bits per heavy atom. The third-order valence-electron chi connectivity index (χ3n) is 2.56. The Kier molecular flexibility index (Phi) is 3.14. The number of carbonyl (C=O) groups is 1. The Morgan fingerprint density at radius 1 is 1.31 bits per heavy atom. The molecule has 0 aromatic heterocycles. The first-order chi connectivity index (χ1) is 7.63. The van der Waals surface area contributed by atoms with Crippen LogP contribution in [0.4, 0.5) is 0 Å². The third kappa shape index (κ3) is 1.91. The first-order valence-electron chi connectivity index (χ1n) is 4.90. The second kappa shape index (κ2) is 4.41.